The summed E-state index contributed by atoms with van der Waals surface area (Å²) in [5, 5.41) is 13.0. The van der Waals surface area contributed by atoms with Crippen molar-refractivity contribution >= 4 is 34.6 Å². The van der Waals surface area contributed by atoms with Crippen LogP contribution in [0.25, 0.3) is 16.8 Å². The van der Waals surface area contributed by atoms with Crippen LogP contribution in [0.15, 0.2) is 42.6 Å². The van der Waals surface area contributed by atoms with E-state index in [2.05, 4.69) is 31.0 Å². The first-order valence-electron chi connectivity index (χ1n) is 9.20. The summed E-state index contributed by atoms with van der Waals surface area (Å²) in [5.41, 5.74) is 4.20. The number of aromatic nitrogens is 4. The van der Waals surface area contributed by atoms with Gasteiger partial charge in [0.25, 0.3) is 11.8 Å². The van der Waals surface area contributed by atoms with Gasteiger partial charge in [0.1, 0.15) is 5.69 Å². The Morgan fingerprint density at radius 2 is 2.03 bits per heavy atom. The van der Waals surface area contributed by atoms with Gasteiger partial charge in [0.05, 0.1) is 34.9 Å². The van der Waals surface area contributed by atoms with E-state index in [1.165, 1.54) is 6.20 Å². The number of anilines is 3. The fraction of sp³-hybridized carbons (Fsp3) is 0.150. The monoisotopic (exact) mass is 403 g/mol. The maximum Gasteiger partial charge on any atom is 0.262 e. The first-order chi connectivity index (χ1) is 14.5. The van der Waals surface area contributed by atoms with Crippen LogP contribution in [0.4, 0.5) is 17.2 Å². The molecular weight excluding hydrogens is 386 g/mol. The number of aryl methyl sites for hydroxylation is 1. The lowest BCUT2D eigenvalue weighted by Gasteiger charge is -2.20. The van der Waals surface area contributed by atoms with E-state index in [0.29, 0.717) is 51.0 Å². The summed E-state index contributed by atoms with van der Waals surface area (Å²) in [7, 11) is 1.82. The molecule has 2 aliphatic rings. The molecule has 0 bridgehead atoms. The lowest BCUT2D eigenvalue weighted by Crippen LogP contribution is -2.25. The molecule has 5 heterocycles. The van der Waals surface area contributed by atoms with Gasteiger partial charge in [0, 0.05) is 36.8 Å². The second-order valence-corrected chi connectivity index (χ2v) is 6.97. The van der Waals surface area contributed by atoms with Gasteiger partial charge in [0.15, 0.2) is 18.2 Å². The first-order valence-corrected chi connectivity index (χ1v) is 9.20. The average molecular weight is 403 g/mol. The number of amides is 2. The molecule has 3 aromatic heterocycles. The third-order valence-corrected chi connectivity index (χ3v) is 4.85. The highest BCUT2D eigenvalue weighted by Gasteiger charge is 2.29. The Bertz CT molecular complexity index is 1240. The van der Waals surface area contributed by atoms with Crippen LogP contribution in [0, 0.1) is 0 Å². The highest BCUT2D eigenvalue weighted by Crippen LogP contribution is 2.40. The van der Waals surface area contributed by atoms with Crippen molar-refractivity contribution in [2.24, 2.45) is 7.05 Å². The third-order valence-electron chi connectivity index (χ3n) is 4.85. The summed E-state index contributed by atoms with van der Waals surface area (Å²) in [5.74, 6) is 0.688. The molecule has 5 rings (SSSR count). The van der Waals surface area contributed by atoms with Gasteiger partial charge in [0.2, 0.25) is 0 Å². The van der Waals surface area contributed by atoms with Crippen molar-refractivity contribution in [3.8, 4) is 17.0 Å². The van der Waals surface area contributed by atoms with Gasteiger partial charge in [-0.2, -0.15) is 5.10 Å². The number of carbonyl (C=O) groups excluding carboxylic acids is 2. The normalized spacial score (nSPS) is 16.2. The number of fused-ring (bicyclic) bond motifs is 2. The van der Waals surface area contributed by atoms with Crippen LogP contribution in [-0.2, 0) is 16.6 Å². The number of hydrogen-bond acceptors (Lipinski definition) is 7. The van der Waals surface area contributed by atoms with Crippen LogP contribution >= 0.6 is 0 Å². The molecule has 2 aliphatic heterocycles. The lowest BCUT2D eigenvalue weighted by molar-refractivity contribution is -0.118. The van der Waals surface area contributed by atoms with Gasteiger partial charge in [-0.15, -0.1) is 0 Å². The van der Waals surface area contributed by atoms with E-state index in [4.69, 9.17) is 4.74 Å². The molecule has 10 heteroatoms. The maximum atomic E-state index is 12.6. The van der Waals surface area contributed by atoms with E-state index >= 15 is 0 Å². The predicted octanol–water partition coefficient (Wildman–Crippen LogP) is 2.00. The van der Waals surface area contributed by atoms with Crippen molar-refractivity contribution in [2.45, 2.75) is 6.92 Å². The van der Waals surface area contributed by atoms with Crippen molar-refractivity contribution in [3.63, 3.8) is 0 Å². The van der Waals surface area contributed by atoms with Crippen molar-refractivity contribution in [2.75, 3.05) is 22.6 Å². The van der Waals surface area contributed by atoms with E-state index in [1.807, 2.05) is 32.3 Å². The summed E-state index contributed by atoms with van der Waals surface area (Å²) in [6.45, 7) is 1.75. The fourth-order valence-corrected chi connectivity index (χ4v) is 3.52. The SMILES string of the molecule is CC(Nc1ccn(C)n1)=C1C(=O)Nc2cnc(-c3cncc4c3OCC(=O)N4)cc21. The summed E-state index contributed by atoms with van der Waals surface area (Å²) in [6.07, 6.45) is 6.57. The van der Waals surface area contributed by atoms with Gasteiger partial charge in [-0.05, 0) is 13.0 Å². The number of carbonyl (C=O) groups is 2. The van der Waals surface area contributed by atoms with Crippen LogP contribution in [0.2, 0.25) is 0 Å². The highest BCUT2D eigenvalue weighted by molar-refractivity contribution is 6.32. The molecule has 3 N–H and O–H groups in total. The molecule has 0 unspecified atom stereocenters. The second kappa shape index (κ2) is 6.69. The van der Waals surface area contributed by atoms with Gasteiger partial charge in [-0.25, -0.2) is 0 Å². The minimum atomic E-state index is -0.236. The number of hydrogen-bond donors (Lipinski definition) is 3. The summed E-state index contributed by atoms with van der Waals surface area (Å²) < 4.78 is 7.28. The summed E-state index contributed by atoms with van der Waals surface area (Å²) in [6, 6.07) is 3.63. The molecule has 2 amide bonds. The van der Waals surface area contributed by atoms with Crippen LogP contribution in [0.1, 0.15) is 12.5 Å². The zero-order valence-corrected chi connectivity index (χ0v) is 16.2. The van der Waals surface area contributed by atoms with Crippen LogP contribution in [0.5, 0.6) is 5.75 Å². The largest absolute Gasteiger partial charge is 0.481 e. The number of rotatable bonds is 3. The Labute approximate surface area is 171 Å². The topological polar surface area (TPSA) is 123 Å². The van der Waals surface area contributed by atoms with Crippen molar-refractivity contribution in [3.05, 3.63) is 48.2 Å². The Morgan fingerprint density at radius 3 is 2.83 bits per heavy atom. The van der Waals surface area contributed by atoms with E-state index in [9.17, 15) is 9.59 Å². The maximum absolute atomic E-state index is 12.6. The number of allylic oxidation sites excluding steroid dienone is 1. The molecule has 0 saturated heterocycles. The standard InChI is InChI=1S/C20H17N7O3/c1-10(23-16-3-4-27(2)26-16)18-11-5-13(22-8-14(11)25-20(18)29)12-6-21-7-15-19(12)30-9-17(28)24-15/h3-8H,9H2,1-2H3,(H,23,26)(H,24,28)(H,25,29). The zero-order chi connectivity index (χ0) is 20.8. The fourth-order valence-electron chi connectivity index (χ4n) is 3.52. The van der Waals surface area contributed by atoms with E-state index in [1.54, 1.807) is 17.1 Å². The average Bonchev–Trinajstić information content (AvgIpc) is 3.28. The number of nitrogens with one attached hydrogen (secondary N) is 3. The molecule has 3 aromatic rings. The van der Waals surface area contributed by atoms with Crippen molar-refractivity contribution in [1.29, 1.82) is 0 Å². The molecule has 150 valence electrons. The van der Waals surface area contributed by atoms with Crippen LogP contribution in [0.3, 0.4) is 0 Å². The van der Waals surface area contributed by atoms with Crippen molar-refractivity contribution < 1.29 is 14.3 Å². The van der Waals surface area contributed by atoms with E-state index in [0.717, 1.165) is 0 Å². The lowest BCUT2D eigenvalue weighted by atomic mass is 10.0. The Balaban J connectivity index is 1.57. The van der Waals surface area contributed by atoms with E-state index in [-0.39, 0.29) is 18.4 Å². The Kier molecular flexibility index (Phi) is 3.98. The quantitative estimate of drug-likeness (QED) is 0.572. The van der Waals surface area contributed by atoms with Gasteiger partial charge >= 0.3 is 0 Å². The molecule has 0 atom stereocenters. The highest BCUT2D eigenvalue weighted by atomic mass is 16.5. The smallest absolute Gasteiger partial charge is 0.262 e. The predicted molar refractivity (Wildman–Crippen MR) is 110 cm³/mol. The van der Waals surface area contributed by atoms with E-state index < -0.39 is 0 Å². The zero-order valence-electron chi connectivity index (χ0n) is 16.2. The minimum Gasteiger partial charge on any atom is -0.481 e. The Morgan fingerprint density at radius 1 is 1.17 bits per heavy atom. The number of ether oxygens (including phenoxy) is 1. The molecule has 0 aromatic carbocycles. The number of pyridine rings is 2. The van der Waals surface area contributed by atoms with Gasteiger partial charge in [-0.1, -0.05) is 0 Å². The van der Waals surface area contributed by atoms with Gasteiger partial charge in [-0.3, -0.25) is 24.2 Å². The molecule has 0 aliphatic carbocycles. The molecule has 10 nitrogen and oxygen atoms in total. The molecular formula is C20H17N7O3. The molecule has 0 fully saturated rings. The van der Waals surface area contributed by atoms with Crippen molar-refractivity contribution in [1.82, 2.24) is 19.7 Å². The van der Waals surface area contributed by atoms with Crippen LogP contribution in [-0.4, -0.2) is 38.2 Å². The second-order valence-electron chi connectivity index (χ2n) is 6.97. The molecule has 0 radical (unpaired) electrons. The molecule has 30 heavy (non-hydrogen) atoms. The third kappa shape index (κ3) is 2.94. The van der Waals surface area contributed by atoms with Crippen LogP contribution < -0.4 is 20.7 Å². The summed E-state index contributed by atoms with van der Waals surface area (Å²) in [4.78, 5) is 32.9. The first kappa shape index (κ1) is 17.9. The summed E-state index contributed by atoms with van der Waals surface area (Å²) >= 11 is 0. The Hall–Kier alpha value is -4.21. The minimum absolute atomic E-state index is 0.0761. The number of nitrogens with zero attached hydrogens (tertiary/aromatic N) is 4. The van der Waals surface area contributed by atoms with Gasteiger partial charge < -0.3 is 20.7 Å². The molecule has 0 saturated carbocycles. The molecule has 0 spiro atoms.